The van der Waals surface area contributed by atoms with Crippen LogP contribution in [-0.4, -0.2) is 16.1 Å². The molecule has 0 aliphatic heterocycles. The number of nitrogens with zero attached hydrogens (tertiary/aromatic N) is 2. The maximum Gasteiger partial charge on any atom is 0.250 e. The molecular weight excluding hydrogens is 234 g/mol. The normalized spacial score (nSPS) is 10.1. The van der Waals surface area contributed by atoms with Crippen LogP contribution in [0.2, 0.25) is 0 Å². The monoisotopic (exact) mass is 253 g/mol. The highest BCUT2D eigenvalue weighted by atomic mass is 32.1. The second-order valence-electron chi connectivity index (χ2n) is 4.17. The van der Waals surface area contributed by atoms with Crippen LogP contribution in [0.25, 0.3) is 0 Å². The van der Waals surface area contributed by atoms with Crippen LogP contribution in [0.15, 0.2) is 11.6 Å². The van der Waals surface area contributed by atoms with E-state index in [-0.39, 0.29) is 5.91 Å². The fourth-order valence-corrected chi connectivity index (χ4v) is 2.12. The minimum atomic E-state index is -0.138. The molecule has 0 unspecified atom stereocenters. The summed E-state index contributed by atoms with van der Waals surface area (Å²) in [5.41, 5.74) is 0.968. The van der Waals surface area contributed by atoms with E-state index < -0.39 is 0 Å². The van der Waals surface area contributed by atoms with Gasteiger partial charge >= 0.3 is 0 Å². The minimum absolute atomic E-state index is 0.138. The predicted molar refractivity (Wildman–Crippen MR) is 71.2 cm³/mol. The predicted octanol–water partition coefficient (Wildman–Crippen LogP) is 3.18. The Morgan fingerprint density at radius 2 is 2.12 bits per heavy atom. The van der Waals surface area contributed by atoms with Crippen molar-refractivity contribution in [1.29, 1.82) is 0 Å². The van der Waals surface area contributed by atoms with E-state index in [2.05, 4.69) is 22.4 Å². The Labute approximate surface area is 106 Å². The minimum Gasteiger partial charge on any atom is -0.297 e. The number of carbonyl (C=O) groups is 1. The van der Waals surface area contributed by atoms with Crippen molar-refractivity contribution >= 4 is 22.4 Å². The summed E-state index contributed by atoms with van der Waals surface area (Å²) in [5, 5.41) is 12.3. The number of unbranched alkanes of at least 4 members (excludes halogenated alkanes) is 2. The van der Waals surface area contributed by atoms with E-state index >= 15 is 0 Å². The summed E-state index contributed by atoms with van der Waals surface area (Å²) in [4.78, 5) is 11.4. The Kier molecular flexibility index (Phi) is 5.83. The third-order valence-electron chi connectivity index (χ3n) is 2.11. The van der Waals surface area contributed by atoms with Gasteiger partial charge in [0, 0.05) is 12.5 Å². The van der Waals surface area contributed by atoms with Gasteiger partial charge in [0.05, 0.1) is 0 Å². The van der Waals surface area contributed by atoms with Crippen LogP contribution in [0.3, 0.4) is 0 Å². The van der Waals surface area contributed by atoms with Crippen LogP contribution in [0.5, 0.6) is 0 Å². The zero-order valence-electron chi connectivity index (χ0n) is 10.6. The number of aryl methyl sites for hydroxylation is 1. The highest BCUT2D eigenvalue weighted by Gasteiger charge is 2.06. The number of amides is 1. The molecule has 4 nitrogen and oxygen atoms in total. The molecule has 1 aromatic rings. The topological polar surface area (TPSA) is 54.9 Å². The smallest absolute Gasteiger partial charge is 0.250 e. The molecule has 1 amide bonds. The number of allylic oxidation sites excluding steroid dienone is 1. The van der Waals surface area contributed by atoms with E-state index in [0.29, 0.717) is 5.13 Å². The Hall–Kier alpha value is -1.23. The lowest BCUT2D eigenvalue weighted by atomic mass is 10.2. The molecule has 0 aliphatic carbocycles. The molecule has 0 fully saturated rings. The summed E-state index contributed by atoms with van der Waals surface area (Å²) in [5.74, 6) is -0.138. The van der Waals surface area contributed by atoms with Gasteiger partial charge in [0.25, 0.3) is 0 Å². The van der Waals surface area contributed by atoms with Crippen molar-refractivity contribution in [1.82, 2.24) is 10.2 Å². The van der Waals surface area contributed by atoms with E-state index in [1.54, 1.807) is 6.08 Å². The summed E-state index contributed by atoms with van der Waals surface area (Å²) < 4.78 is 0. The van der Waals surface area contributed by atoms with Crippen molar-refractivity contribution in [2.24, 2.45) is 0 Å². The van der Waals surface area contributed by atoms with E-state index in [9.17, 15) is 4.79 Å². The van der Waals surface area contributed by atoms with E-state index in [4.69, 9.17) is 0 Å². The third-order valence-corrected chi connectivity index (χ3v) is 3.01. The fraction of sp³-hybridized carbons (Fsp3) is 0.583. The summed E-state index contributed by atoms with van der Waals surface area (Å²) in [6, 6.07) is 0. The molecule has 0 aliphatic rings. The number of hydrogen-bond donors (Lipinski definition) is 1. The average molecular weight is 253 g/mol. The summed E-state index contributed by atoms with van der Waals surface area (Å²) in [6.07, 6.45) is 6.04. The van der Waals surface area contributed by atoms with Crippen LogP contribution in [-0.2, 0) is 11.2 Å². The molecule has 0 saturated heterocycles. The third kappa shape index (κ3) is 5.58. The largest absolute Gasteiger partial charge is 0.297 e. The number of aromatic nitrogens is 2. The zero-order valence-corrected chi connectivity index (χ0v) is 11.4. The lowest BCUT2D eigenvalue weighted by molar-refractivity contribution is -0.111. The number of anilines is 1. The van der Waals surface area contributed by atoms with Gasteiger partial charge in [0.15, 0.2) is 0 Å². The van der Waals surface area contributed by atoms with E-state index in [0.717, 1.165) is 23.4 Å². The Morgan fingerprint density at radius 1 is 1.35 bits per heavy atom. The highest BCUT2D eigenvalue weighted by Crippen LogP contribution is 2.17. The van der Waals surface area contributed by atoms with Crippen molar-refractivity contribution in [3.63, 3.8) is 0 Å². The van der Waals surface area contributed by atoms with Gasteiger partial charge in [-0.05, 0) is 20.3 Å². The molecule has 0 spiro atoms. The van der Waals surface area contributed by atoms with Crippen LogP contribution in [0, 0.1) is 0 Å². The summed E-state index contributed by atoms with van der Waals surface area (Å²) in [6.45, 7) is 5.94. The molecule has 94 valence electrons. The van der Waals surface area contributed by atoms with E-state index in [1.165, 1.54) is 24.2 Å². The van der Waals surface area contributed by atoms with Gasteiger partial charge < -0.3 is 0 Å². The first-order valence-corrected chi connectivity index (χ1v) is 6.71. The van der Waals surface area contributed by atoms with Gasteiger partial charge in [-0.2, -0.15) is 0 Å². The number of carbonyl (C=O) groups excluding carboxylic acids is 1. The molecule has 0 aromatic carbocycles. The maximum atomic E-state index is 11.4. The average Bonchev–Trinajstić information content (AvgIpc) is 2.64. The van der Waals surface area contributed by atoms with Gasteiger partial charge in [-0.15, -0.1) is 10.2 Å². The lowest BCUT2D eigenvalue weighted by Crippen LogP contribution is -2.07. The van der Waals surface area contributed by atoms with Crippen molar-refractivity contribution in [3.05, 3.63) is 16.7 Å². The van der Waals surface area contributed by atoms with Crippen LogP contribution in [0.4, 0.5) is 5.13 Å². The fourth-order valence-electron chi connectivity index (χ4n) is 1.34. The summed E-state index contributed by atoms with van der Waals surface area (Å²) in [7, 11) is 0. The molecule has 5 heteroatoms. The highest BCUT2D eigenvalue weighted by molar-refractivity contribution is 7.15. The molecule has 0 radical (unpaired) electrons. The first-order valence-electron chi connectivity index (χ1n) is 5.90. The van der Waals surface area contributed by atoms with Gasteiger partial charge in [-0.3, -0.25) is 10.1 Å². The molecule has 0 bridgehead atoms. The maximum absolute atomic E-state index is 11.4. The number of hydrogen-bond acceptors (Lipinski definition) is 4. The van der Waals surface area contributed by atoms with Gasteiger partial charge in [0.1, 0.15) is 5.01 Å². The number of rotatable bonds is 6. The summed E-state index contributed by atoms with van der Waals surface area (Å²) >= 11 is 1.46. The molecule has 0 saturated carbocycles. The van der Waals surface area contributed by atoms with Crippen molar-refractivity contribution in [3.8, 4) is 0 Å². The van der Waals surface area contributed by atoms with E-state index in [1.807, 2.05) is 13.8 Å². The lowest BCUT2D eigenvalue weighted by Gasteiger charge is -1.95. The molecule has 1 aromatic heterocycles. The van der Waals surface area contributed by atoms with Gasteiger partial charge in [0.2, 0.25) is 11.0 Å². The van der Waals surface area contributed by atoms with Gasteiger partial charge in [-0.25, -0.2) is 0 Å². The standard InChI is InChI=1S/C12H19N3OS/c1-4-5-6-7-11-14-15-12(17-11)13-10(16)8-9(2)3/h8H,4-7H2,1-3H3,(H,13,15,16). The Bertz CT molecular complexity index is 394. The van der Waals surface area contributed by atoms with Crippen molar-refractivity contribution < 1.29 is 4.79 Å². The SMILES string of the molecule is CCCCCc1nnc(NC(=O)C=C(C)C)s1. The zero-order chi connectivity index (χ0) is 12.7. The first kappa shape index (κ1) is 13.8. The quantitative estimate of drug-likeness (QED) is 0.626. The van der Waals surface area contributed by atoms with Crippen molar-refractivity contribution in [2.45, 2.75) is 46.5 Å². The van der Waals surface area contributed by atoms with Crippen LogP contribution >= 0.6 is 11.3 Å². The molecule has 1 rings (SSSR count). The van der Waals surface area contributed by atoms with Crippen LogP contribution < -0.4 is 5.32 Å². The van der Waals surface area contributed by atoms with Crippen molar-refractivity contribution in [2.75, 3.05) is 5.32 Å². The number of nitrogens with one attached hydrogen (secondary N) is 1. The van der Waals surface area contributed by atoms with Gasteiger partial charge in [-0.1, -0.05) is 36.7 Å². The van der Waals surface area contributed by atoms with Crippen LogP contribution in [0.1, 0.15) is 45.0 Å². The molecule has 1 N–H and O–H groups in total. The Morgan fingerprint density at radius 3 is 2.76 bits per heavy atom. The molecule has 1 heterocycles. The Balaban J connectivity index is 2.45. The first-order chi connectivity index (χ1) is 8.11. The molecule has 17 heavy (non-hydrogen) atoms. The second-order valence-corrected chi connectivity index (χ2v) is 5.23. The second kappa shape index (κ2) is 7.17. The molecule has 0 atom stereocenters. The molecular formula is C12H19N3OS.